The lowest BCUT2D eigenvalue weighted by Crippen LogP contribution is -2.50. The number of likely N-dealkylation sites (tertiary alicyclic amines) is 1. The SMILES string of the molecule is C[C@@H]1CC[C@@H](C(N)=O)CN1C(=O)Nc1ccccc1N1CCN(C)CC1. The number of nitrogens with zero attached hydrogens (tertiary/aromatic N) is 3. The van der Waals surface area contributed by atoms with Gasteiger partial charge in [0.1, 0.15) is 0 Å². The van der Waals surface area contributed by atoms with Crippen molar-refractivity contribution in [3.8, 4) is 0 Å². The number of hydrogen-bond acceptors (Lipinski definition) is 4. The number of piperazine rings is 1. The van der Waals surface area contributed by atoms with E-state index < -0.39 is 0 Å². The zero-order valence-corrected chi connectivity index (χ0v) is 15.6. The van der Waals surface area contributed by atoms with E-state index in [4.69, 9.17) is 5.73 Å². The van der Waals surface area contributed by atoms with Gasteiger partial charge in [-0.05, 0) is 38.9 Å². The van der Waals surface area contributed by atoms with E-state index in [0.29, 0.717) is 6.54 Å². The van der Waals surface area contributed by atoms with Crippen LogP contribution in [0, 0.1) is 5.92 Å². The molecule has 26 heavy (non-hydrogen) atoms. The molecule has 0 radical (unpaired) electrons. The first-order valence-electron chi connectivity index (χ1n) is 9.35. The van der Waals surface area contributed by atoms with Gasteiger partial charge < -0.3 is 25.8 Å². The van der Waals surface area contributed by atoms with Gasteiger partial charge in [-0.2, -0.15) is 0 Å². The van der Waals surface area contributed by atoms with Crippen LogP contribution in [0.5, 0.6) is 0 Å². The van der Waals surface area contributed by atoms with Crippen LogP contribution in [0.2, 0.25) is 0 Å². The topological polar surface area (TPSA) is 81.9 Å². The molecular formula is C19H29N5O2. The van der Waals surface area contributed by atoms with Crippen LogP contribution in [-0.2, 0) is 4.79 Å². The van der Waals surface area contributed by atoms with Crippen molar-refractivity contribution < 1.29 is 9.59 Å². The highest BCUT2D eigenvalue weighted by Gasteiger charge is 2.32. The molecule has 2 aliphatic heterocycles. The third-order valence-corrected chi connectivity index (χ3v) is 5.53. The summed E-state index contributed by atoms with van der Waals surface area (Å²) in [6.45, 7) is 6.29. The predicted molar refractivity (Wildman–Crippen MR) is 103 cm³/mol. The number of anilines is 2. The van der Waals surface area contributed by atoms with Gasteiger partial charge in [0.25, 0.3) is 0 Å². The lowest BCUT2D eigenvalue weighted by molar-refractivity contribution is -0.123. The molecule has 2 saturated heterocycles. The Balaban J connectivity index is 1.72. The lowest BCUT2D eigenvalue weighted by atomic mass is 9.93. The second-order valence-corrected chi connectivity index (χ2v) is 7.42. The van der Waals surface area contributed by atoms with E-state index in [0.717, 1.165) is 50.4 Å². The minimum atomic E-state index is -0.326. The molecule has 0 bridgehead atoms. The van der Waals surface area contributed by atoms with Crippen LogP contribution in [-0.4, -0.2) is 67.6 Å². The molecule has 3 N–H and O–H groups in total. The Morgan fingerprint density at radius 3 is 2.50 bits per heavy atom. The summed E-state index contributed by atoms with van der Waals surface area (Å²) < 4.78 is 0. The number of amides is 3. The molecule has 1 aromatic rings. The summed E-state index contributed by atoms with van der Waals surface area (Å²) >= 11 is 0. The second-order valence-electron chi connectivity index (χ2n) is 7.42. The lowest BCUT2D eigenvalue weighted by Gasteiger charge is -2.38. The van der Waals surface area contributed by atoms with Crippen molar-refractivity contribution in [3.05, 3.63) is 24.3 Å². The van der Waals surface area contributed by atoms with Crippen molar-refractivity contribution in [2.24, 2.45) is 11.7 Å². The number of urea groups is 1. The molecule has 2 fully saturated rings. The molecule has 2 heterocycles. The number of rotatable bonds is 3. The van der Waals surface area contributed by atoms with Crippen molar-refractivity contribution in [2.75, 3.05) is 50.0 Å². The Hall–Kier alpha value is -2.28. The molecular weight excluding hydrogens is 330 g/mol. The van der Waals surface area contributed by atoms with Crippen LogP contribution >= 0.6 is 0 Å². The predicted octanol–water partition coefficient (Wildman–Crippen LogP) is 1.56. The molecule has 1 aromatic carbocycles. The van der Waals surface area contributed by atoms with Crippen LogP contribution in [0.25, 0.3) is 0 Å². The first-order valence-corrected chi connectivity index (χ1v) is 9.35. The number of carbonyl (C=O) groups excluding carboxylic acids is 2. The maximum Gasteiger partial charge on any atom is 0.322 e. The number of primary amides is 1. The quantitative estimate of drug-likeness (QED) is 0.858. The molecule has 7 heteroatoms. The first-order chi connectivity index (χ1) is 12.5. The summed E-state index contributed by atoms with van der Waals surface area (Å²) in [6, 6.07) is 7.85. The van der Waals surface area contributed by atoms with Gasteiger partial charge in [0, 0.05) is 38.8 Å². The molecule has 0 spiro atoms. The molecule has 3 amide bonds. The van der Waals surface area contributed by atoms with Crippen LogP contribution in [0.1, 0.15) is 19.8 Å². The van der Waals surface area contributed by atoms with Gasteiger partial charge in [0.2, 0.25) is 5.91 Å². The van der Waals surface area contributed by atoms with E-state index in [-0.39, 0.29) is 23.9 Å². The molecule has 0 aromatic heterocycles. The fourth-order valence-electron chi connectivity index (χ4n) is 3.71. The Bertz CT molecular complexity index is 657. The maximum atomic E-state index is 12.9. The summed E-state index contributed by atoms with van der Waals surface area (Å²) in [6.07, 6.45) is 1.54. The van der Waals surface area contributed by atoms with Gasteiger partial charge in [0.15, 0.2) is 0 Å². The Labute approximate surface area is 155 Å². The highest BCUT2D eigenvalue weighted by Crippen LogP contribution is 2.28. The zero-order valence-electron chi connectivity index (χ0n) is 15.6. The summed E-state index contributed by atoms with van der Waals surface area (Å²) in [5, 5.41) is 3.06. The molecule has 2 aliphatic rings. The number of para-hydroxylation sites is 2. The minimum Gasteiger partial charge on any atom is -0.369 e. The number of benzene rings is 1. The van der Waals surface area contributed by atoms with Gasteiger partial charge in [-0.15, -0.1) is 0 Å². The number of likely N-dealkylation sites (N-methyl/N-ethyl adjacent to an activating group) is 1. The van der Waals surface area contributed by atoms with Crippen molar-refractivity contribution in [3.63, 3.8) is 0 Å². The first kappa shape index (κ1) is 18.5. The van der Waals surface area contributed by atoms with E-state index in [1.807, 2.05) is 31.2 Å². The highest BCUT2D eigenvalue weighted by molar-refractivity contribution is 5.94. The van der Waals surface area contributed by atoms with Crippen molar-refractivity contribution in [2.45, 2.75) is 25.8 Å². The van der Waals surface area contributed by atoms with Crippen LogP contribution in [0.3, 0.4) is 0 Å². The number of hydrogen-bond donors (Lipinski definition) is 2. The summed E-state index contributed by atoms with van der Waals surface area (Å²) in [4.78, 5) is 30.7. The van der Waals surface area contributed by atoms with Crippen molar-refractivity contribution in [1.29, 1.82) is 0 Å². The van der Waals surface area contributed by atoms with E-state index in [1.165, 1.54) is 0 Å². The third kappa shape index (κ3) is 4.09. The van der Waals surface area contributed by atoms with Gasteiger partial charge >= 0.3 is 6.03 Å². The Morgan fingerprint density at radius 1 is 1.12 bits per heavy atom. The monoisotopic (exact) mass is 359 g/mol. The molecule has 0 unspecified atom stereocenters. The Morgan fingerprint density at radius 2 is 1.81 bits per heavy atom. The molecule has 0 aliphatic carbocycles. The standard InChI is InChI=1S/C19H29N5O2/c1-14-7-8-15(18(20)25)13-24(14)19(26)21-16-5-3-4-6-17(16)23-11-9-22(2)10-12-23/h3-6,14-15H,7-13H2,1-2H3,(H2,20,25)(H,21,26)/t14-,15-/m1/s1. The smallest absolute Gasteiger partial charge is 0.322 e. The highest BCUT2D eigenvalue weighted by atomic mass is 16.2. The molecule has 0 saturated carbocycles. The van der Waals surface area contributed by atoms with Crippen LogP contribution in [0.4, 0.5) is 16.2 Å². The van der Waals surface area contributed by atoms with E-state index in [2.05, 4.69) is 22.2 Å². The second kappa shape index (κ2) is 7.95. The number of nitrogens with one attached hydrogen (secondary N) is 1. The van der Waals surface area contributed by atoms with E-state index in [9.17, 15) is 9.59 Å². The number of carbonyl (C=O) groups is 2. The molecule has 2 atom stereocenters. The summed E-state index contributed by atoms with van der Waals surface area (Å²) in [5.74, 6) is -0.586. The van der Waals surface area contributed by atoms with E-state index >= 15 is 0 Å². The normalized spacial score (nSPS) is 24.4. The van der Waals surface area contributed by atoms with Crippen molar-refractivity contribution in [1.82, 2.24) is 9.80 Å². The zero-order chi connectivity index (χ0) is 18.7. The average Bonchev–Trinajstić information content (AvgIpc) is 2.63. The third-order valence-electron chi connectivity index (χ3n) is 5.53. The fourth-order valence-corrected chi connectivity index (χ4v) is 3.71. The number of piperidine rings is 1. The van der Waals surface area contributed by atoms with Crippen molar-refractivity contribution >= 4 is 23.3 Å². The minimum absolute atomic E-state index is 0.0985. The fraction of sp³-hybridized carbons (Fsp3) is 0.579. The summed E-state index contributed by atoms with van der Waals surface area (Å²) in [5.41, 5.74) is 7.31. The molecule has 3 rings (SSSR count). The van der Waals surface area contributed by atoms with Gasteiger partial charge in [-0.1, -0.05) is 12.1 Å². The van der Waals surface area contributed by atoms with Crippen LogP contribution < -0.4 is 16.0 Å². The van der Waals surface area contributed by atoms with E-state index in [1.54, 1.807) is 4.90 Å². The average molecular weight is 359 g/mol. The maximum absolute atomic E-state index is 12.9. The summed E-state index contributed by atoms with van der Waals surface area (Å²) in [7, 11) is 2.12. The van der Waals surface area contributed by atoms with Crippen LogP contribution in [0.15, 0.2) is 24.3 Å². The Kier molecular flexibility index (Phi) is 5.66. The number of nitrogens with two attached hydrogens (primary N) is 1. The molecule has 142 valence electrons. The van der Waals surface area contributed by atoms with Gasteiger partial charge in [-0.3, -0.25) is 4.79 Å². The largest absolute Gasteiger partial charge is 0.369 e. The van der Waals surface area contributed by atoms with Gasteiger partial charge in [-0.25, -0.2) is 4.79 Å². The molecule has 7 nitrogen and oxygen atoms in total. The van der Waals surface area contributed by atoms with Gasteiger partial charge in [0.05, 0.1) is 17.3 Å².